The minimum atomic E-state index is -0.374. The first-order valence-electron chi connectivity index (χ1n) is 7.45. The minimum Gasteiger partial charge on any atom is -0.495 e. The fourth-order valence-corrected chi connectivity index (χ4v) is 2.49. The number of benzene rings is 2. The highest BCUT2D eigenvalue weighted by Crippen LogP contribution is 2.26. The van der Waals surface area contributed by atoms with E-state index in [0.29, 0.717) is 21.5 Å². The smallest absolute Gasteiger partial charge is 0.277 e. The standard InChI is InChI=1S/C18H18Cl2N2O3/c1-11-6-14(7-12(2)18(11)20)25-10-17(23)22-21-9-13-4-5-16(24-3)15(19)8-13/h4-9H,10H2,1-3H3,(H,22,23)/b21-9+. The second kappa shape index (κ2) is 8.74. The molecule has 2 rings (SSSR count). The van der Waals surface area contributed by atoms with Gasteiger partial charge in [-0.05, 0) is 60.9 Å². The van der Waals surface area contributed by atoms with Crippen LogP contribution in [-0.4, -0.2) is 25.8 Å². The zero-order chi connectivity index (χ0) is 18.4. The molecule has 0 atom stereocenters. The molecule has 0 radical (unpaired) electrons. The summed E-state index contributed by atoms with van der Waals surface area (Å²) in [6.45, 7) is 3.61. The molecular formula is C18H18Cl2N2O3. The number of carbonyl (C=O) groups excluding carboxylic acids is 1. The molecule has 0 fully saturated rings. The van der Waals surface area contributed by atoms with Gasteiger partial charge in [0.15, 0.2) is 6.61 Å². The summed E-state index contributed by atoms with van der Waals surface area (Å²) in [5.41, 5.74) is 4.92. The van der Waals surface area contributed by atoms with Crippen LogP contribution in [0.15, 0.2) is 35.4 Å². The highest BCUT2D eigenvalue weighted by molar-refractivity contribution is 6.32. The third-order valence-corrected chi connectivity index (χ3v) is 4.25. The number of nitrogens with zero attached hydrogens (tertiary/aromatic N) is 1. The van der Waals surface area contributed by atoms with E-state index < -0.39 is 0 Å². The van der Waals surface area contributed by atoms with E-state index in [2.05, 4.69) is 10.5 Å². The Morgan fingerprint density at radius 2 is 1.88 bits per heavy atom. The largest absolute Gasteiger partial charge is 0.495 e. The van der Waals surface area contributed by atoms with Crippen LogP contribution in [0.2, 0.25) is 10.0 Å². The number of hydrazone groups is 1. The van der Waals surface area contributed by atoms with E-state index in [1.54, 1.807) is 37.4 Å². The average Bonchev–Trinajstić information content (AvgIpc) is 2.58. The molecule has 2 aromatic carbocycles. The maximum atomic E-state index is 11.8. The van der Waals surface area contributed by atoms with Gasteiger partial charge in [-0.1, -0.05) is 23.2 Å². The summed E-state index contributed by atoms with van der Waals surface area (Å²) in [6.07, 6.45) is 1.49. The van der Waals surface area contributed by atoms with E-state index in [9.17, 15) is 4.79 Å². The van der Waals surface area contributed by atoms with Crippen LogP contribution in [0.3, 0.4) is 0 Å². The SMILES string of the molecule is COc1ccc(/C=N/NC(=O)COc2cc(C)c(Cl)c(C)c2)cc1Cl. The Kier molecular flexibility index (Phi) is 6.67. The monoisotopic (exact) mass is 380 g/mol. The van der Waals surface area contributed by atoms with Crippen LogP contribution in [0, 0.1) is 13.8 Å². The zero-order valence-electron chi connectivity index (χ0n) is 14.1. The number of nitrogens with one attached hydrogen (secondary N) is 1. The Labute approximate surface area is 156 Å². The van der Waals surface area contributed by atoms with Gasteiger partial charge in [0.2, 0.25) is 0 Å². The lowest BCUT2D eigenvalue weighted by molar-refractivity contribution is -0.123. The van der Waals surface area contributed by atoms with Crippen LogP contribution in [0.1, 0.15) is 16.7 Å². The number of amides is 1. The Morgan fingerprint density at radius 3 is 2.48 bits per heavy atom. The minimum absolute atomic E-state index is 0.152. The molecular weight excluding hydrogens is 363 g/mol. The molecule has 7 heteroatoms. The molecule has 5 nitrogen and oxygen atoms in total. The van der Waals surface area contributed by atoms with E-state index in [1.807, 2.05) is 13.8 Å². The van der Waals surface area contributed by atoms with E-state index in [-0.39, 0.29) is 12.5 Å². The number of aryl methyl sites for hydroxylation is 2. The second-order valence-corrected chi connectivity index (χ2v) is 6.13. The first kappa shape index (κ1) is 19.1. The van der Waals surface area contributed by atoms with Crippen molar-refractivity contribution in [3.63, 3.8) is 0 Å². The summed E-state index contributed by atoms with van der Waals surface area (Å²) in [5.74, 6) is 0.784. The molecule has 132 valence electrons. The predicted molar refractivity (Wildman–Crippen MR) is 100 cm³/mol. The fourth-order valence-electron chi connectivity index (χ4n) is 2.11. The molecule has 1 N–H and O–H groups in total. The molecule has 0 aliphatic heterocycles. The van der Waals surface area contributed by atoms with Crippen LogP contribution in [0.4, 0.5) is 0 Å². The van der Waals surface area contributed by atoms with Crippen molar-refractivity contribution in [2.45, 2.75) is 13.8 Å². The van der Waals surface area contributed by atoms with Gasteiger partial charge in [-0.15, -0.1) is 0 Å². The molecule has 0 aromatic heterocycles. The number of rotatable bonds is 6. The lowest BCUT2D eigenvalue weighted by atomic mass is 10.1. The average molecular weight is 381 g/mol. The topological polar surface area (TPSA) is 59.9 Å². The Bertz CT molecular complexity index is 784. The van der Waals surface area contributed by atoms with Crippen molar-refractivity contribution >= 4 is 35.3 Å². The Balaban J connectivity index is 1.87. The Hall–Kier alpha value is -2.24. The van der Waals surface area contributed by atoms with Crippen molar-refractivity contribution in [1.29, 1.82) is 0 Å². The maximum Gasteiger partial charge on any atom is 0.277 e. The van der Waals surface area contributed by atoms with Gasteiger partial charge in [0.1, 0.15) is 11.5 Å². The number of hydrogen-bond donors (Lipinski definition) is 1. The quantitative estimate of drug-likeness (QED) is 0.604. The van der Waals surface area contributed by atoms with Gasteiger partial charge in [0, 0.05) is 5.02 Å². The molecule has 0 saturated carbocycles. The van der Waals surface area contributed by atoms with Crippen LogP contribution in [0.5, 0.6) is 11.5 Å². The summed E-state index contributed by atoms with van der Waals surface area (Å²) < 4.78 is 10.5. The zero-order valence-corrected chi connectivity index (χ0v) is 15.6. The van der Waals surface area contributed by atoms with Gasteiger partial charge in [-0.2, -0.15) is 5.10 Å². The van der Waals surface area contributed by atoms with Crippen LogP contribution in [-0.2, 0) is 4.79 Å². The van der Waals surface area contributed by atoms with Crippen molar-refractivity contribution in [2.24, 2.45) is 5.10 Å². The maximum absolute atomic E-state index is 11.8. The summed E-state index contributed by atoms with van der Waals surface area (Å²) in [5, 5.41) is 5.04. The number of carbonyl (C=O) groups is 1. The van der Waals surface area contributed by atoms with Crippen LogP contribution < -0.4 is 14.9 Å². The van der Waals surface area contributed by atoms with Gasteiger partial charge >= 0.3 is 0 Å². The van der Waals surface area contributed by atoms with Crippen molar-refractivity contribution in [1.82, 2.24) is 5.43 Å². The number of hydrogen-bond acceptors (Lipinski definition) is 4. The Morgan fingerprint density at radius 1 is 1.20 bits per heavy atom. The molecule has 2 aromatic rings. The lowest BCUT2D eigenvalue weighted by Gasteiger charge is -2.09. The van der Waals surface area contributed by atoms with Crippen molar-refractivity contribution in [3.8, 4) is 11.5 Å². The predicted octanol–water partition coefficient (Wildman–Crippen LogP) is 4.15. The molecule has 1 amide bonds. The van der Waals surface area contributed by atoms with Crippen LogP contribution >= 0.6 is 23.2 Å². The lowest BCUT2D eigenvalue weighted by Crippen LogP contribution is -2.24. The van der Waals surface area contributed by atoms with E-state index >= 15 is 0 Å². The van der Waals surface area contributed by atoms with Gasteiger partial charge in [-0.3, -0.25) is 4.79 Å². The summed E-state index contributed by atoms with van der Waals surface area (Å²) in [6, 6.07) is 8.75. The van der Waals surface area contributed by atoms with E-state index in [1.165, 1.54) is 6.21 Å². The molecule has 0 spiro atoms. The van der Waals surface area contributed by atoms with Crippen molar-refractivity contribution < 1.29 is 14.3 Å². The van der Waals surface area contributed by atoms with E-state index in [0.717, 1.165) is 16.7 Å². The van der Waals surface area contributed by atoms with Gasteiger partial charge in [0.25, 0.3) is 5.91 Å². The molecule has 0 unspecified atom stereocenters. The van der Waals surface area contributed by atoms with Crippen LogP contribution in [0.25, 0.3) is 0 Å². The fraction of sp³-hybridized carbons (Fsp3) is 0.222. The summed E-state index contributed by atoms with van der Waals surface area (Å²) in [7, 11) is 1.54. The van der Waals surface area contributed by atoms with Crippen molar-refractivity contribution in [2.75, 3.05) is 13.7 Å². The third-order valence-electron chi connectivity index (χ3n) is 3.36. The molecule has 0 aliphatic carbocycles. The number of halogens is 2. The molecule has 25 heavy (non-hydrogen) atoms. The summed E-state index contributed by atoms with van der Waals surface area (Å²) >= 11 is 12.1. The highest BCUT2D eigenvalue weighted by atomic mass is 35.5. The van der Waals surface area contributed by atoms with Gasteiger partial charge < -0.3 is 9.47 Å². The van der Waals surface area contributed by atoms with Gasteiger partial charge in [-0.25, -0.2) is 5.43 Å². The number of ether oxygens (including phenoxy) is 2. The number of methoxy groups -OCH3 is 1. The second-order valence-electron chi connectivity index (χ2n) is 5.35. The van der Waals surface area contributed by atoms with E-state index in [4.69, 9.17) is 32.7 Å². The molecule has 0 bridgehead atoms. The first-order chi connectivity index (χ1) is 11.9. The normalized spacial score (nSPS) is 10.8. The highest BCUT2D eigenvalue weighted by Gasteiger charge is 2.06. The summed E-state index contributed by atoms with van der Waals surface area (Å²) in [4.78, 5) is 11.8. The first-order valence-corrected chi connectivity index (χ1v) is 8.21. The molecule has 0 aliphatic rings. The molecule has 0 saturated heterocycles. The third kappa shape index (κ3) is 5.37. The molecule has 0 heterocycles. The van der Waals surface area contributed by atoms with Crippen molar-refractivity contribution in [3.05, 3.63) is 57.1 Å². The van der Waals surface area contributed by atoms with Gasteiger partial charge in [0.05, 0.1) is 18.3 Å².